The van der Waals surface area contributed by atoms with E-state index in [4.69, 9.17) is 0 Å². The zero-order valence-corrected chi connectivity index (χ0v) is 16.3. The molecule has 4 rings (SSSR count). The Morgan fingerprint density at radius 3 is 2.62 bits per heavy atom. The Morgan fingerprint density at radius 2 is 1.88 bits per heavy atom. The first-order chi connectivity index (χ1) is 12.8. The quantitative estimate of drug-likeness (QED) is 0.694. The van der Waals surface area contributed by atoms with Crippen molar-refractivity contribution in [2.24, 2.45) is 11.8 Å². The molecule has 1 fully saturated rings. The van der Waals surface area contributed by atoms with E-state index in [0.717, 1.165) is 36.6 Å². The Labute approximate surface area is 160 Å². The molecular weight excluding hydrogens is 338 g/mol. The molecule has 2 heterocycles. The number of nitrogens with one attached hydrogen (secondary N) is 1. The van der Waals surface area contributed by atoms with Gasteiger partial charge in [0.15, 0.2) is 6.29 Å². The highest BCUT2D eigenvalue weighted by molar-refractivity contribution is 7.17. The Balaban J connectivity index is 1.74. The summed E-state index contributed by atoms with van der Waals surface area (Å²) in [5, 5.41) is 3.58. The summed E-state index contributed by atoms with van der Waals surface area (Å²) in [6.07, 6.45) is 7.36. The van der Waals surface area contributed by atoms with Crippen molar-refractivity contribution in [2.75, 3.05) is 13.1 Å². The van der Waals surface area contributed by atoms with Crippen LogP contribution in [-0.4, -0.2) is 19.4 Å². The van der Waals surface area contributed by atoms with Gasteiger partial charge >= 0.3 is 0 Å². The molecule has 0 bridgehead atoms. The van der Waals surface area contributed by atoms with Crippen LogP contribution in [0, 0.1) is 11.8 Å². The predicted molar refractivity (Wildman–Crippen MR) is 111 cm³/mol. The molecule has 0 unspecified atom stereocenters. The summed E-state index contributed by atoms with van der Waals surface area (Å²) in [7, 11) is 0. The molecule has 0 saturated heterocycles. The molecule has 1 aromatic heterocycles. The van der Waals surface area contributed by atoms with Crippen LogP contribution in [0.25, 0.3) is 16.0 Å². The van der Waals surface area contributed by atoms with Crippen LogP contribution < -0.4 is 5.32 Å². The Kier molecular flexibility index (Phi) is 5.37. The summed E-state index contributed by atoms with van der Waals surface area (Å²) in [6.45, 7) is 4.38. The molecule has 0 radical (unpaired) electrons. The van der Waals surface area contributed by atoms with Gasteiger partial charge in [-0.05, 0) is 66.0 Å². The smallest absolute Gasteiger partial charge is 0.160 e. The Bertz CT molecular complexity index is 797. The molecule has 3 heteroatoms. The highest BCUT2D eigenvalue weighted by Crippen LogP contribution is 2.41. The summed E-state index contributed by atoms with van der Waals surface area (Å²) in [4.78, 5) is 13.9. The average Bonchev–Trinajstić information content (AvgIpc) is 3.14. The van der Waals surface area contributed by atoms with Crippen LogP contribution in [-0.2, 0) is 0 Å². The summed E-state index contributed by atoms with van der Waals surface area (Å²) >= 11 is 1.63. The lowest BCUT2D eigenvalue weighted by Crippen LogP contribution is -2.29. The second-order valence-corrected chi connectivity index (χ2v) is 8.84. The number of thiophene rings is 1. The van der Waals surface area contributed by atoms with Crippen LogP contribution in [0.4, 0.5) is 0 Å². The highest BCUT2D eigenvalue weighted by Gasteiger charge is 2.27. The van der Waals surface area contributed by atoms with E-state index in [-0.39, 0.29) is 0 Å². The molecule has 136 valence electrons. The lowest BCUT2D eigenvalue weighted by Gasteiger charge is -2.32. The van der Waals surface area contributed by atoms with Crippen molar-refractivity contribution < 1.29 is 4.79 Å². The van der Waals surface area contributed by atoms with Crippen LogP contribution in [0.3, 0.4) is 0 Å². The number of aldehydes is 1. The van der Waals surface area contributed by atoms with Gasteiger partial charge in [0, 0.05) is 11.4 Å². The van der Waals surface area contributed by atoms with Gasteiger partial charge in [0.1, 0.15) is 0 Å². The van der Waals surface area contributed by atoms with Gasteiger partial charge in [-0.3, -0.25) is 4.79 Å². The lowest BCUT2D eigenvalue weighted by atomic mass is 9.76. The van der Waals surface area contributed by atoms with E-state index >= 15 is 0 Å². The van der Waals surface area contributed by atoms with Gasteiger partial charge in [-0.15, -0.1) is 11.3 Å². The fourth-order valence-corrected chi connectivity index (χ4v) is 5.49. The van der Waals surface area contributed by atoms with Gasteiger partial charge in [0.25, 0.3) is 0 Å². The maximum atomic E-state index is 11.8. The van der Waals surface area contributed by atoms with E-state index in [0.29, 0.717) is 5.92 Å². The van der Waals surface area contributed by atoms with Gasteiger partial charge in [-0.25, -0.2) is 0 Å². The standard InChI is InChI=1S/C23H27NOS/c1-16-7-9-17(10-8-16)21-14-24-12-11-19(21)20-13-22(26-23(20)15-25)18-5-3-2-4-6-18/h2-6,13,15-17,24H,7-12,14H2,1H3. The van der Waals surface area contributed by atoms with E-state index in [1.54, 1.807) is 16.9 Å². The van der Waals surface area contributed by atoms with E-state index in [2.05, 4.69) is 42.6 Å². The molecule has 1 saturated carbocycles. The summed E-state index contributed by atoms with van der Waals surface area (Å²) in [5.74, 6) is 1.55. The van der Waals surface area contributed by atoms with Gasteiger partial charge in [0.05, 0.1) is 4.88 Å². The molecule has 1 aromatic carbocycles. The van der Waals surface area contributed by atoms with Gasteiger partial charge in [-0.2, -0.15) is 0 Å². The van der Waals surface area contributed by atoms with Crippen molar-refractivity contribution in [1.29, 1.82) is 0 Å². The number of carbonyl (C=O) groups excluding carboxylic acids is 1. The van der Waals surface area contributed by atoms with Crippen LogP contribution >= 0.6 is 11.3 Å². The number of hydrogen-bond donors (Lipinski definition) is 1. The minimum Gasteiger partial charge on any atom is -0.313 e. The lowest BCUT2D eigenvalue weighted by molar-refractivity contribution is 0.112. The summed E-state index contributed by atoms with van der Waals surface area (Å²) in [6, 6.07) is 12.7. The van der Waals surface area contributed by atoms with Crippen molar-refractivity contribution in [3.63, 3.8) is 0 Å². The topological polar surface area (TPSA) is 29.1 Å². The average molecular weight is 366 g/mol. The van der Waals surface area contributed by atoms with Crippen molar-refractivity contribution in [3.8, 4) is 10.4 Å². The highest BCUT2D eigenvalue weighted by atomic mass is 32.1. The van der Waals surface area contributed by atoms with Gasteiger partial charge in [0.2, 0.25) is 0 Å². The third kappa shape index (κ3) is 3.56. The monoisotopic (exact) mass is 365 g/mol. The normalized spacial score (nSPS) is 23.9. The van der Waals surface area contributed by atoms with Crippen molar-refractivity contribution in [3.05, 3.63) is 52.4 Å². The number of rotatable bonds is 4. The van der Waals surface area contributed by atoms with E-state index in [1.165, 1.54) is 47.3 Å². The largest absolute Gasteiger partial charge is 0.313 e. The minimum atomic E-state index is 0.688. The fraction of sp³-hybridized carbons (Fsp3) is 0.435. The number of carbonyl (C=O) groups is 1. The van der Waals surface area contributed by atoms with E-state index in [1.807, 2.05) is 6.07 Å². The molecular formula is C23H27NOS. The first-order valence-electron chi connectivity index (χ1n) is 9.83. The second-order valence-electron chi connectivity index (χ2n) is 7.76. The zero-order chi connectivity index (χ0) is 17.9. The minimum absolute atomic E-state index is 0.688. The van der Waals surface area contributed by atoms with Crippen molar-refractivity contribution in [1.82, 2.24) is 5.32 Å². The van der Waals surface area contributed by atoms with Crippen LogP contribution in [0.1, 0.15) is 54.3 Å². The van der Waals surface area contributed by atoms with Gasteiger partial charge < -0.3 is 5.32 Å². The number of benzene rings is 1. The van der Waals surface area contributed by atoms with Crippen molar-refractivity contribution >= 4 is 23.2 Å². The first kappa shape index (κ1) is 17.7. The Hall–Kier alpha value is -1.71. The summed E-state index contributed by atoms with van der Waals surface area (Å²) in [5.41, 5.74) is 5.42. The molecule has 0 spiro atoms. The molecule has 1 aliphatic carbocycles. The maximum absolute atomic E-state index is 11.8. The molecule has 2 aromatic rings. The zero-order valence-electron chi connectivity index (χ0n) is 15.5. The third-order valence-electron chi connectivity index (χ3n) is 6.01. The molecule has 0 amide bonds. The molecule has 2 nitrogen and oxygen atoms in total. The summed E-state index contributed by atoms with van der Waals surface area (Å²) < 4.78 is 0. The maximum Gasteiger partial charge on any atom is 0.160 e. The van der Waals surface area contributed by atoms with E-state index in [9.17, 15) is 4.79 Å². The molecule has 1 aliphatic heterocycles. The van der Waals surface area contributed by atoms with Crippen LogP contribution in [0.5, 0.6) is 0 Å². The predicted octanol–water partition coefficient (Wildman–Crippen LogP) is 5.80. The first-order valence-corrected chi connectivity index (χ1v) is 10.7. The van der Waals surface area contributed by atoms with Gasteiger partial charge in [-0.1, -0.05) is 50.1 Å². The molecule has 2 aliphatic rings. The molecule has 1 N–H and O–H groups in total. The molecule has 26 heavy (non-hydrogen) atoms. The van der Waals surface area contributed by atoms with Crippen LogP contribution in [0.15, 0.2) is 42.0 Å². The fourth-order valence-electron chi connectivity index (χ4n) is 4.48. The Morgan fingerprint density at radius 1 is 1.12 bits per heavy atom. The second kappa shape index (κ2) is 7.89. The van der Waals surface area contributed by atoms with Crippen molar-refractivity contribution in [2.45, 2.75) is 39.0 Å². The number of hydrogen-bond acceptors (Lipinski definition) is 3. The third-order valence-corrected chi connectivity index (χ3v) is 7.12. The SMILES string of the molecule is CC1CCC(C2=C(c3cc(-c4ccccc4)sc3C=O)CCNC2)CC1. The molecule has 0 atom stereocenters. The van der Waals surface area contributed by atoms with Crippen LogP contribution in [0.2, 0.25) is 0 Å². The van der Waals surface area contributed by atoms with E-state index < -0.39 is 0 Å².